The SMILES string of the molecule is CCCCCC/C=C\[C@@H]1CC1N.CCOC=O.O=C(O)C1CCCN1C(=O)CNC(=O)C(F)(F)F. The maximum absolute atomic E-state index is 11.9. The number of carbonyl (C=O) groups is 4. The van der Waals surface area contributed by atoms with E-state index in [1.165, 1.54) is 43.8 Å². The van der Waals surface area contributed by atoms with Crippen LogP contribution in [0.3, 0.4) is 0 Å². The number of aliphatic carboxylic acids is 1. The number of nitrogens with zero attached hydrogens (tertiary/aromatic N) is 1. The number of nitrogens with two attached hydrogens (primary N) is 1. The molecule has 1 saturated heterocycles. The van der Waals surface area contributed by atoms with E-state index in [4.69, 9.17) is 10.8 Å². The summed E-state index contributed by atoms with van der Waals surface area (Å²) in [5.41, 5.74) is 5.68. The molecule has 1 aliphatic heterocycles. The molecule has 2 amide bonds. The Morgan fingerprint density at radius 3 is 2.31 bits per heavy atom. The first-order valence-electron chi connectivity index (χ1n) is 11.8. The number of nitrogens with one attached hydrogen (secondary N) is 1. The standard InChI is InChI=1S/C11H21N.C9H11F3N2O4.C3H6O2/c1-2-3-4-5-6-7-8-10-9-11(10)12;10-9(11,12)8(18)13-4-6(15)14-3-1-2-5(14)7(16)17;1-2-5-3-4/h7-8,10-11H,2-6,9,12H2,1H3;5H,1-4H2,(H,13,18)(H,16,17);3H,2H2,1H3/b8-7-;;/t10-,11?;;/m1../s1. The zero-order valence-electron chi connectivity index (χ0n) is 20.4. The van der Waals surface area contributed by atoms with Crippen LogP contribution in [0.2, 0.25) is 0 Å². The van der Waals surface area contributed by atoms with Crippen molar-refractivity contribution in [2.24, 2.45) is 11.7 Å². The summed E-state index contributed by atoms with van der Waals surface area (Å²) in [4.78, 5) is 42.8. The number of likely N-dealkylation sites (tertiary alicyclic amines) is 1. The lowest BCUT2D eigenvalue weighted by atomic mass is 10.1. The molecule has 2 aliphatic rings. The van der Waals surface area contributed by atoms with Gasteiger partial charge in [-0.05, 0) is 44.9 Å². The van der Waals surface area contributed by atoms with Crippen molar-refractivity contribution in [3.63, 3.8) is 0 Å². The molecule has 202 valence electrons. The highest BCUT2D eigenvalue weighted by Crippen LogP contribution is 2.29. The van der Waals surface area contributed by atoms with E-state index in [1.807, 2.05) is 0 Å². The first-order chi connectivity index (χ1) is 16.5. The predicted molar refractivity (Wildman–Crippen MR) is 123 cm³/mol. The van der Waals surface area contributed by atoms with E-state index in [0.717, 1.165) is 10.8 Å². The van der Waals surface area contributed by atoms with E-state index in [1.54, 1.807) is 6.92 Å². The molecule has 0 aromatic heterocycles. The van der Waals surface area contributed by atoms with Crippen LogP contribution in [0.15, 0.2) is 12.2 Å². The molecule has 9 nitrogen and oxygen atoms in total. The number of carboxylic acid groups (broad SMARTS) is 1. The van der Waals surface area contributed by atoms with Crippen LogP contribution in [0.5, 0.6) is 0 Å². The molecule has 1 heterocycles. The number of hydrogen-bond acceptors (Lipinski definition) is 6. The maximum Gasteiger partial charge on any atom is 0.471 e. The summed E-state index contributed by atoms with van der Waals surface area (Å²) in [5, 5.41) is 10.2. The van der Waals surface area contributed by atoms with E-state index >= 15 is 0 Å². The Labute approximate surface area is 204 Å². The molecular weight excluding hydrogens is 471 g/mol. The fourth-order valence-electron chi connectivity index (χ4n) is 3.16. The van der Waals surface area contributed by atoms with E-state index in [2.05, 4.69) is 23.8 Å². The van der Waals surface area contributed by atoms with Gasteiger partial charge in [-0.1, -0.05) is 38.3 Å². The number of carbonyl (C=O) groups excluding carboxylic acids is 3. The average Bonchev–Trinajstić information content (AvgIpc) is 3.27. The van der Waals surface area contributed by atoms with E-state index in [0.29, 0.717) is 25.5 Å². The Bertz CT molecular complexity index is 688. The van der Waals surface area contributed by atoms with Gasteiger partial charge >= 0.3 is 18.1 Å². The van der Waals surface area contributed by atoms with Crippen molar-refractivity contribution >= 4 is 24.3 Å². The molecule has 3 atom stereocenters. The highest BCUT2D eigenvalue weighted by Gasteiger charge is 2.40. The molecular formula is C23H38F3N3O6. The summed E-state index contributed by atoms with van der Waals surface area (Å²) in [5.74, 6) is -3.54. The zero-order valence-corrected chi connectivity index (χ0v) is 20.4. The number of ether oxygens (including phenoxy) is 1. The first-order valence-corrected chi connectivity index (χ1v) is 11.8. The monoisotopic (exact) mass is 509 g/mol. The van der Waals surface area contributed by atoms with Crippen LogP contribution in [0.25, 0.3) is 0 Å². The van der Waals surface area contributed by atoms with Gasteiger partial charge in [-0.2, -0.15) is 13.2 Å². The van der Waals surface area contributed by atoms with Gasteiger partial charge in [0.1, 0.15) is 6.04 Å². The molecule has 0 spiro atoms. The number of unbranched alkanes of at least 4 members (excludes halogenated alkanes) is 4. The summed E-state index contributed by atoms with van der Waals surface area (Å²) in [6.45, 7) is 4.22. The molecule has 4 N–H and O–H groups in total. The summed E-state index contributed by atoms with van der Waals surface area (Å²) in [7, 11) is 0. The number of amides is 2. The third-order valence-corrected chi connectivity index (χ3v) is 5.25. The second-order valence-electron chi connectivity index (χ2n) is 8.16. The minimum Gasteiger partial charge on any atom is -0.480 e. The topological polar surface area (TPSA) is 139 Å². The molecule has 0 aromatic carbocycles. The van der Waals surface area contributed by atoms with Crippen molar-refractivity contribution in [1.82, 2.24) is 10.2 Å². The van der Waals surface area contributed by atoms with Crippen molar-refractivity contribution < 1.29 is 42.2 Å². The summed E-state index contributed by atoms with van der Waals surface area (Å²) >= 11 is 0. The average molecular weight is 510 g/mol. The van der Waals surface area contributed by atoms with Gasteiger partial charge in [0.05, 0.1) is 13.2 Å². The molecule has 2 rings (SSSR count). The number of alkyl halides is 3. The smallest absolute Gasteiger partial charge is 0.471 e. The number of allylic oxidation sites excluding steroid dienone is 1. The molecule has 2 unspecified atom stereocenters. The Balaban J connectivity index is 0.000000583. The summed E-state index contributed by atoms with van der Waals surface area (Å²) in [6, 6.07) is -0.544. The van der Waals surface area contributed by atoms with Crippen molar-refractivity contribution in [2.75, 3.05) is 19.7 Å². The predicted octanol–water partition coefficient (Wildman–Crippen LogP) is 2.78. The molecule has 0 aromatic rings. The van der Waals surface area contributed by atoms with Gasteiger partial charge in [0.25, 0.3) is 6.47 Å². The minimum absolute atomic E-state index is 0.164. The van der Waals surface area contributed by atoms with Crippen LogP contribution >= 0.6 is 0 Å². The summed E-state index contributed by atoms with van der Waals surface area (Å²) in [6.07, 6.45) is 8.21. The van der Waals surface area contributed by atoms with Gasteiger partial charge in [-0.25, -0.2) is 4.79 Å². The van der Waals surface area contributed by atoms with Crippen molar-refractivity contribution in [3.8, 4) is 0 Å². The minimum atomic E-state index is -5.06. The Morgan fingerprint density at radius 2 is 1.86 bits per heavy atom. The van der Waals surface area contributed by atoms with Crippen LogP contribution in [0.1, 0.15) is 65.2 Å². The fraction of sp³-hybridized carbons (Fsp3) is 0.739. The molecule has 0 bridgehead atoms. The lowest BCUT2D eigenvalue weighted by Gasteiger charge is -2.21. The largest absolute Gasteiger partial charge is 0.480 e. The molecule has 35 heavy (non-hydrogen) atoms. The Morgan fingerprint density at radius 1 is 1.20 bits per heavy atom. The van der Waals surface area contributed by atoms with Crippen LogP contribution in [0, 0.1) is 5.92 Å². The Hall–Kier alpha value is -2.63. The lowest BCUT2D eigenvalue weighted by Crippen LogP contribution is -2.47. The Kier molecular flexibility index (Phi) is 16.4. The number of carboxylic acids is 1. The van der Waals surface area contributed by atoms with E-state index < -0.39 is 36.5 Å². The highest BCUT2D eigenvalue weighted by molar-refractivity contribution is 5.89. The zero-order chi connectivity index (χ0) is 26.9. The quantitative estimate of drug-likeness (QED) is 0.221. The first kappa shape index (κ1) is 32.4. The summed E-state index contributed by atoms with van der Waals surface area (Å²) < 4.78 is 39.7. The highest BCUT2D eigenvalue weighted by atomic mass is 19.4. The van der Waals surface area contributed by atoms with E-state index in [9.17, 15) is 32.3 Å². The second-order valence-corrected chi connectivity index (χ2v) is 8.16. The molecule has 12 heteroatoms. The van der Waals surface area contributed by atoms with E-state index in [-0.39, 0.29) is 13.0 Å². The van der Waals surface area contributed by atoms with Crippen LogP contribution in [-0.2, 0) is 23.9 Å². The normalized spacial score (nSPS) is 20.7. The van der Waals surface area contributed by atoms with Gasteiger partial charge in [0.2, 0.25) is 5.91 Å². The van der Waals surface area contributed by atoms with Gasteiger partial charge in [-0.15, -0.1) is 0 Å². The molecule has 1 aliphatic carbocycles. The third kappa shape index (κ3) is 15.1. The maximum atomic E-state index is 11.9. The van der Waals surface area contributed by atoms with Crippen molar-refractivity contribution in [1.29, 1.82) is 0 Å². The van der Waals surface area contributed by atoms with Gasteiger partial charge in [0, 0.05) is 12.6 Å². The second kappa shape index (κ2) is 17.8. The number of rotatable bonds is 11. The van der Waals surface area contributed by atoms with Crippen molar-refractivity contribution in [2.45, 2.75) is 83.5 Å². The molecule has 1 saturated carbocycles. The van der Waals surface area contributed by atoms with Crippen LogP contribution < -0.4 is 11.1 Å². The van der Waals surface area contributed by atoms with Gasteiger partial charge < -0.3 is 25.8 Å². The van der Waals surface area contributed by atoms with Crippen LogP contribution in [0.4, 0.5) is 13.2 Å². The fourth-order valence-corrected chi connectivity index (χ4v) is 3.16. The molecule has 0 radical (unpaired) electrons. The lowest BCUT2D eigenvalue weighted by molar-refractivity contribution is -0.174. The molecule has 2 fully saturated rings. The number of hydrogen-bond donors (Lipinski definition) is 3. The van der Waals surface area contributed by atoms with Crippen LogP contribution in [-0.4, -0.2) is 72.2 Å². The third-order valence-electron chi connectivity index (χ3n) is 5.25. The van der Waals surface area contributed by atoms with Gasteiger partial charge in [-0.3, -0.25) is 14.4 Å². The van der Waals surface area contributed by atoms with Gasteiger partial charge in [0.15, 0.2) is 0 Å². The van der Waals surface area contributed by atoms with Crippen molar-refractivity contribution in [3.05, 3.63) is 12.2 Å². The number of halogens is 3.